The summed E-state index contributed by atoms with van der Waals surface area (Å²) in [5, 5.41) is 17.1. The van der Waals surface area contributed by atoms with Gasteiger partial charge in [0.05, 0.1) is 12.1 Å². The summed E-state index contributed by atoms with van der Waals surface area (Å²) in [5.74, 6) is -0.180. The molecule has 1 aromatic heterocycles. The Balaban J connectivity index is 1.71. The number of carboxylic acid groups (broad SMARTS) is 1. The normalized spacial score (nSPS) is 16.5. The highest BCUT2D eigenvalue weighted by molar-refractivity contribution is 5.74. The Kier molecular flexibility index (Phi) is 3.42. The van der Waals surface area contributed by atoms with Gasteiger partial charge in [0.15, 0.2) is 0 Å². The van der Waals surface area contributed by atoms with E-state index in [1.807, 2.05) is 34.1 Å². The predicted molar refractivity (Wildman–Crippen MR) is 73.6 cm³/mol. The Morgan fingerprint density at radius 2 is 1.80 bits per heavy atom. The molecular weight excluding hydrogens is 258 g/mol. The summed E-state index contributed by atoms with van der Waals surface area (Å²) in [7, 11) is 0. The van der Waals surface area contributed by atoms with E-state index in [1.165, 1.54) is 0 Å². The first-order valence-electron chi connectivity index (χ1n) is 6.51. The highest BCUT2D eigenvalue weighted by Crippen LogP contribution is 2.14. The second-order valence-corrected chi connectivity index (χ2v) is 4.76. The zero-order valence-electron chi connectivity index (χ0n) is 10.9. The fraction of sp³-hybridized carbons (Fsp3) is 0.385. The molecule has 0 saturated carbocycles. The summed E-state index contributed by atoms with van der Waals surface area (Å²) in [4.78, 5) is 19.1. The fourth-order valence-electron chi connectivity index (χ4n) is 2.30. The molecule has 0 atom stereocenters. The molecule has 2 aromatic rings. The molecule has 0 bridgehead atoms. The van der Waals surface area contributed by atoms with Gasteiger partial charge in [-0.15, -0.1) is 10.2 Å². The van der Waals surface area contributed by atoms with Crippen LogP contribution in [0, 0.1) is 0 Å². The SMILES string of the molecule is O=C(O)CN1CCN(c2nnc3ccccc3n2)CC1. The van der Waals surface area contributed by atoms with Crippen molar-refractivity contribution in [1.29, 1.82) is 0 Å². The van der Waals surface area contributed by atoms with Crippen LogP contribution in [0.4, 0.5) is 5.95 Å². The molecule has 1 aromatic carbocycles. The number of benzene rings is 1. The van der Waals surface area contributed by atoms with Crippen molar-refractivity contribution in [2.45, 2.75) is 0 Å². The number of aliphatic carboxylic acids is 1. The largest absolute Gasteiger partial charge is 0.480 e. The third-order valence-corrected chi connectivity index (χ3v) is 3.36. The first-order chi connectivity index (χ1) is 9.72. The van der Waals surface area contributed by atoms with Crippen molar-refractivity contribution in [3.63, 3.8) is 0 Å². The zero-order chi connectivity index (χ0) is 13.9. The van der Waals surface area contributed by atoms with Crippen molar-refractivity contribution >= 4 is 23.0 Å². The lowest BCUT2D eigenvalue weighted by Gasteiger charge is -2.33. The summed E-state index contributed by atoms with van der Waals surface area (Å²) >= 11 is 0. The average Bonchev–Trinajstić information content (AvgIpc) is 2.47. The van der Waals surface area contributed by atoms with Crippen molar-refractivity contribution in [2.24, 2.45) is 0 Å². The number of piperazine rings is 1. The maximum atomic E-state index is 10.7. The minimum absolute atomic E-state index is 0.0880. The van der Waals surface area contributed by atoms with Gasteiger partial charge in [-0.25, -0.2) is 4.98 Å². The molecule has 1 saturated heterocycles. The number of rotatable bonds is 3. The number of nitrogens with zero attached hydrogens (tertiary/aromatic N) is 5. The van der Waals surface area contributed by atoms with E-state index in [1.54, 1.807) is 0 Å². The Morgan fingerprint density at radius 1 is 1.10 bits per heavy atom. The van der Waals surface area contributed by atoms with Gasteiger partial charge in [0, 0.05) is 26.2 Å². The predicted octanol–water partition coefficient (Wildman–Crippen LogP) is 0.231. The summed E-state index contributed by atoms with van der Waals surface area (Å²) in [6.07, 6.45) is 0. The topological polar surface area (TPSA) is 82.5 Å². The van der Waals surface area contributed by atoms with Crippen LogP contribution in [-0.2, 0) is 4.79 Å². The molecule has 1 fully saturated rings. The monoisotopic (exact) mass is 273 g/mol. The first kappa shape index (κ1) is 12.7. The van der Waals surface area contributed by atoms with Crippen molar-refractivity contribution in [2.75, 3.05) is 37.6 Å². The third-order valence-electron chi connectivity index (χ3n) is 3.36. The van der Waals surface area contributed by atoms with E-state index < -0.39 is 5.97 Å². The molecule has 3 rings (SSSR count). The lowest BCUT2D eigenvalue weighted by molar-refractivity contribution is -0.138. The number of carbonyl (C=O) groups is 1. The molecule has 1 aliphatic rings. The van der Waals surface area contributed by atoms with Gasteiger partial charge in [0.25, 0.3) is 0 Å². The maximum Gasteiger partial charge on any atom is 0.317 e. The standard InChI is InChI=1S/C13H15N5O2/c19-12(20)9-17-5-7-18(8-6-17)13-14-10-3-1-2-4-11(10)15-16-13/h1-4H,5-9H2,(H,19,20). The van der Waals surface area contributed by atoms with Crippen LogP contribution in [0.15, 0.2) is 24.3 Å². The number of hydrogen-bond acceptors (Lipinski definition) is 6. The van der Waals surface area contributed by atoms with Crippen LogP contribution in [0.1, 0.15) is 0 Å². The summed E-state index contributed by atoms with van der Waals surface area (Å²) in [5.41, 5.74) is 1.60. The van der Waals surface area contributed by atoms with E-state index in [0.29, 0.717) is 32.1 Å². The number of anilines is 1. The molecule has 20 heavy (non-hydrogen) atoms. The third kappa shape index (κ3) is 2.67. The smallest absolute Gasteiger partial charge is 0.317 e. The second kappa shape index (κ2) is 5.38. The van der Waals surface area contributed by atoms with Crippen molar-refractivity contribution < 1.29 is 9.90 Å². The van der Waals surface area contributed by atoms with E-state index in [9.17, 15) is 4.79 Å². The van der Waals surface area contributed by atoms with Gasteiger partial charge in [-0.05, 0) is 12.1 Å². The van der Waals surface area contributed by atoms with E-state index in [4.69, 9.17) is 5.11 Å². The molecule has 0 amide bonds. The van der Waals surface area contributed by atoms with Crippen LogP contribution < -0.4 is 4.90 Å². The van der Waals surface area contributed by atoms with E-state index in [2.05, 4.69) is 15.2 Å². The molecule has 2 heterocycles. The molecule has 0 unspecified atom stereocenters. The molecule has 0 spiro atoms. The van der Waals surface area contributed by atoms with Crippen LogP contribution in [-0.4, -0.2) is 63.9 Å². The van der Waals surface area contributed by atoms with Crippen LogP contribution >= 0.6 is 0 Å². The molecule has 1 aliphatic heterocycles. The molecule has 7 heteroatoms. The lowest BCUT2D eigenvalue weighted by atomic mass is 10.3. The van der Waals surface area contributed by atoms with Gasteiger partial charge < -0.3 is 10.0 Å². The minimum atomic E-state index is -0.790. The van der Waals surface area contributed by atoms with Crippen molar-refractivity contribution in [3.05, 3.63) is 24.3 Å². The molecular formula is C13H15N5O2. The first-order valence-corrected chi connectivity index (χ1v) is 6.51. The second-order valence-electron chi connectivity index (χ2n) is 4.76. The molecule has 0 aliphatic carbocycles. The number of fused-ring (bicyclic) bond motifs is 1. The fourth-order valence-corrected chi connectivity index (χ4v) is 2.30. The van der Waals surface area contributed by atoms with Gasteiger partial charge in [-0.3, -0.25) is 9.69 Å². The Hall–Kier alpha value is -2.28. The Labute approximate surface area is 115 Å². The summed E-state index contributed by atoms with van der Waals surface area (Å²) < 4.78 is 0. The zero-order valence-corrected chi connectivity index (χ0v) is 10.9. The molecule has 104 valence electrons. The number of aromatic nitrogens is 3. The van der Waals surface area contributed by atoms with Gasteiger partial charge in [-0.1, -0.05) is 12.1 Å². The van der Waals surface area contributed by atoms with Crippen LogP contribution in [0.2, 0.25) is 0 Å². The number of carboxylic acids is 1. The average molecular weight is 273 g/mol. The lowest BCUT2D eigenvalue weighted by Crippen LogP contribution is -2.48. The molecule has 0 radical (unpaired) electrons. The van der Waals surface area contributed by atoms with Crippen molar-refractivity contribution in [3.8, 4) is 0 Å². The number of hydrogen-bond donors (Lipinski definition) is 1. The van der Waals surface area contributed by atoms with E-state index >= 15 is 0 Å². The highest BCUT2D eigenvalue weighted by atomic mass is 16.4. The van der Waals surface area contributed by atoms with Gasteiger partial charge in [0.1, 0.15) is 5.52 Å². The van der Waals surface area contributed by atoms with E-state index in [-0.39, 0.29) is 6.54 Å². The molecule has 7 nitrogen and oxygen atoms in total. The van der Waals surface area contributed by atoms with Crippen LogP contribution in [0.3, 0.4) is 0 Å². The van der Waals surface area contributed by atoms with E-state index in [0.717, 1.165) is 11.0 Å². The number of para-hydroxylation sites is 1. The Bertz CT molecular complexity index is 625. The summed E-state index contributed by atoms with van der Waals surface area (Å²) in [6.45, 7) is 2.91. The summed E-state index contributed by atoms with van der Waals surface area (Å²) in [6, 6.07) is 7.62. The van der Waals surface area contributed by atoms with Crippen molar-refractivity contribution in [1.82, 2.24) is 20.1 Å². The van der Waals surface area contributed by atoms with Gasteiger partial charge in [-0.2, -0.15) is 0 Å². The van der Waals surface area contributed by atoms with Gasteiger partial charge in [0.2, 0.25) is 5.95 Å². The molecule has 1 N–H and O–H groups in total. The highest BCUT2D eigenvalue weighted by Gasteiger charge is 2.20. The van der Waals surface area contributed by atoms with Crippen LogP contribution in [0.5, 0.6) is 0 Å². The van der Waals surface area contributed by atoms with Crippen LogP contribution in [0.25, 0.3) is 11.0 Å². The quantitative estimate of drug-likeness (QED) is 0.857. The van der Waals surface area contributed by atoms with Gasteiger partial charge >= 0.3 is 5.97 Å². The minimum Gasteiger partial charge on any atom is -0.480 e. The Morgan fingerprint density at radius 3 is 2.50 bits per heavy atom. The maximum absolute atomic E-state index is 10.7.